The van der Waals surface area contributed by atoms with Crippen LogP contribution < -0.4 is 25.3 Å². The molecule has 40 heavy (non-hydrogen) atoms. The number of aryl methyl sites for hydroxylation is 1. The van der Waals surface area contributed by atoms with Crippen LogP contribution in [-0.4, -0.2) is 42.5 Å². The van der Waals surface area contributed by atoms with Gasteiger partial charge >= 0.3 is 0 Å². The highest BCUT2D eigenvalue weighted by Crippen LogP contribution is 2.44. The first kappa shape index (κ1) is 28.0. The Morgan fingerprint density at radius 1 is 1.00 bits per heavy atom. The number of nitriles is 2. The average molecular weight is 555 g/mol. The molecule has 4 aromatic rings. The molecule has 2 aromatic heterocycles. The Morgan fingerprint density at radius 2 is 1.65 bits per heavy atom. The number of methoxy groups -OCH3 is 3. The number of thioether (sulfide) groups is 1. The van der Waals surface area contributed by atoms with Gasteiger partial charge in [-0.3, -0.25) is 9.78 Å². The molecule has 0 fully saturated rings. The van der Waals surface area contributed by atoms with E-state index in [4.69, 9.17) is 19.9 Å². The zero-order valence-electron chi connectivity index (χ0n) is 22.5. The number of fused-ring (bicyclic) bond motifs is 1. The van der Waals surface area contributed by atoms with E-state index in [0.717, 1.165) is 28.4 Å². The molecular weight excluding hydrogens is 528 g/mol. The first-order chi connectivity index (χ1) is 19.3. The van der Waals surface area contributed by atoms with Crippen molar-refractivity contribution in [2.75, 3.05) is 32.4 Å². The number of benzene rings is 2. The highest BCUT2D eigenvalue weighted by atomic mass is 32.2. The number of para-hydroxylation sites is 1. The molecular formula is C29H26N6O4S. The van der Waals surface area contributed by atoms with E-state index in [2.05, 4.69) is 27.4 Å². The molecule has 0 aliphatic heterocycles. The topological polar surface area (TPSA) is 156 Å². The fourth-order valence-corrected chi connectivity index (χ4v) is 5.18. The summed E-state index contributed by atoms with van der Waals surface area (Å²) in [6, 6.07) is 16.8. The molecule has 1 atom stereocenters. The quantitative estimate of drug-likeness (QED) is 0.282. The van der Waals surface area contributed by atoms with Gasteiger partial charge < -0.3 is 25.3 Å². The van der Waals surface area contributed by atoms with Gasteiger partial charge in [0.25, 0.3) is 0 Å². The number of carbonyl (C=O) groups is 1. The molecule has 0 bridgehead atoms. The Balaban J connectivity index is 1.76. The molecule has 0 saturated heterocycles. The number of nitrogens with one attached hydrogen (secondary N) is 1. The molecule has 10 nitrogen and oxygen atoms in total. The lowest BCUT2D eigenvalue weighted by atomic mass is 9.96. The van der Waals surface area contributed by atoms with Crippen LogP contribution in [0, 0.1) is 29.6 Å². The number of carbonyl (C=O) groups excluding carboxylic acids is 1. The van der Waals surface area contributed by atoms with E-state index < -0.39 is 5.25 Å². The number of ether oxygens (including phenoxy) is 3. The van der Waals surface area contributed by atoms with Crippen LogP contribution in [0.2, 0.25) is 0 Å². The number of hydrogen-bond donors (Lipinski definition) is 2. The van der Waals surface area contributed by atoms with Crippen molar-refractivity contribution in [3.8, 4) is 40.5 Å². The molecule has 0 saturated carbocycles. The van der Waals surface area contributed by atoms with Crippen molar-refractivity contribution in [3.05, 3.63) is 59.3 Å². The third-order valence-electron chi connectivity index (χ3n) is 6.13. The molecule has 1 unspecified atom stereocenters. The van der Waals surface area contributed by atoms with Gasteiger partial charge in [0, 0.05) is 16.6 Å². The maximum atomic E-state index is 13.3. The Bertz CT molecular complexity index is 1690. The van der Waals surface area contributed by atoms with E-state index in [1.54, 1.807) is 25.1 Å². The summed E-state index contributed by atoms with van der Waals surface area (Å²) in [5.74, 6) is 0.648. The van der Waals surface area contributed by atoms with E-state index in [-0.39, 0.29) is 33.4 Å². The van der Waals surface area contributed by atoms with Gasteiger partial charge in [-0.25, -0.2) is 4.98 Å². The number of anilines is 2. The SMILES string of the molecule is COc1cc(-c2c(C#N)c(N)nc(SC(C)C(=O)Nc3cc(C)nc4ccccc34)c2C#N)cc(OC)c1OC. The Hall–Kier alpha value is -5.00. The van der Waals surface area contributed by atoms with E-state index in [1.807, 2.05) is 31.2 Å². The molecule has 0 spiro atoms. The van der Waals surface area contributed by atoms with Gasteiger partial charge in [-0.15, -0.1) is 0 Å². The lowest BCUT2D eigenvalue weighted by Crippen LogP contribution is -2.23. The van der Waals surface area contributed by atoms with Crippen LogP contribution in [0.5, 0.6) is 17.2 Å². The third-order valence-corrected chi connectivity index (χ3v) is 7.22. The standard InChI is InChI=1S/C29H26N6O4S/c1-15-10-22(18-8-6-7-9-21(18)33-15)34-28(36)16(2)40-29-20(14-31)25(19(13-30)27(32)35-29)17-11-23(37-3)26(39-5)24(12-17)38-4/h6-12,16H,1-5H3,(H2,32,35)(H,33,34,36). The summed E-state index contributed by atoms with van der Waals surface area (Å²) in [7, 11) is 4.41. The van der Waals surface area contributed by atoms with Crippen molar-refractivity contribution < 1.29 is 19.0 Å². The van der Waals surface area contributed by atoms with Gasteiger partial charge in [0.2, 0.25) is 11.7 Å². The van der Waals surface area contributed by atoms with Crippen molar-refractivity contribution in [1.29, 1.82) is 10.5 Å². The van der Waals surface area contributed by atoms with Crippen molar-refractivity contribution >= 4 is 40.1 Å². The van der Waals surface area contributed by atoms with Crippen molar-refractivity contribution in [1.82, 2.24) is 9.97 Å². The largest absolute Gasteiger partial charge is 0.493 e. The molecule has 0 aliphatic carbocycles. The summed E-state index contributed by atoms with van der Waals surface area (Å²) in [6.07, 6.45) is 0. The van der Waals surface area contributed by atoms with Gasteiger partial charge in [0.1, 0.15) is 28.5 Å². The summed E-state index contributed by atoms with van der Waals surface area (Å²) < 4.78 is 16.3. The normalized spacial score (nSPS) is 11.3. The second kappa shape index (κ2) is 11.8. The molecule has 2 heterocycles. The number of nitrogens with two attached hydrogens (primary N) is 1. The monoisotopic (exact) mass is 554 g/mol. The fourth-order valence-electron chi connectivity index (χ4n) is 4.26. The Morgan fingerprint density at radius 3 is 2.25 bits per heavy atom. The summed E-state index contributed by atoms with van der Waals surface area (Å²) in [5.41, 5.74) is 9.16. The summed E-state index contributed by atoms with van der Waals surface area (Å²) in [4.78, 5) is 22.1. The number of rotatable bonds is 8. The molecule has 202 valence electrons. The first-order valence-electron chi connectivity index (χ1n) is 12.0. The summed E-state index contributed by atoms with van der Waals surface area (Å²) in [6.45, 7) is 3.56. The van der Waals surface area contributed by atoms with Crippen molar-refractivity contribution in [2.45, 2.75) is 24.1 Å². The number of nitrogen functional groups attached to an aromatic ring is 1. The van der Waals surface area contributed by atoms with Crippen LogP contribution in [0.1, 0.15) is 23.7 Å². The number of hydrogen-bond acceptors (Lipinski definition) is 10. The van der Waals surface area contributed by atoms with Crippen LogP contribution in [0.15, 0.2) is 47.5 Å². The Labute approximate surface area is 235 Å². The van der Waals surface area contributed by atoms with Gasteiger partial charge in [-0.05, 0) is 43.7 Å². The lowest BCUT2D eigenvalue weighted by Gasteiger charge is -2.18. The lowest BCUT2D eigenvalue weighted by molar-refractivity contribution is -0.115. The molecule has 0 radical (unpaired) electrons. The number of amides is 1. The average Bonchev–Trinajstić information content (AvgIpc) is 2.95. The zero-order valence-corrected chi connectivity index (χ0v) is 23.3. The fraction of sp³-hybridized carbons (Fsp3) is 0.207. The van der Waals surface area contributed by atoms with E-state index in [9.17, 15) is 15.3 Å². The van der Waals surface area contributed by atoms with Crippen LogP contribution in [0.4, 0.5) is 11.5 Å². The molecule has 1 amide bonds. The van der Waals surface area contributed by atoms with E-state index in [1.165, 1.54) is 21.3 Å². The maximum Gasteiger partial charge on any atom is 0.237 e. The van der Waals surface area contributed by atoms with Gasteiger partial charge in [0.05, 0.1) is 43.3 Å². The first-order valence-corrected chi connectivity index (χ1v) is 12.9. The third kappa shape index (κ3) is 5.28. The second-order valence-corrected chi connectivity index (χ2v) is 9.97. The smallest absolute Gasteiger partial charge is 0.237 e. The highest BCUT2D eigenvalue weighted by molar-refractivity contribution is 8.00. The predicted octanol–water partition coefficient (Wildman–Crippen LogP) is 5.08. The minimum Gasteiger partial charge on any atom is -0.493 e. The minimum absolute atomic E-state index is 0.0195. The molecule has 4 rings (SSSR count). The number of pyridine rings is 2. The number of nitrogens with zero attached hydrogens (tertiary/aromatic N) is 4. The second-order valence-electron chi connectivity index (χ2n) is 8.64. The maximum absolute atomic E-state index is 13.3. The molecule has 0 aliphatic rings. The Kier molecular flexibility index (Phi) is 8.27. The van der Waals surface area contributed by atoms with Crippen molar-refractivity contribution in [2.24, 2.45) is 0 Å². The van der Waals surface area contributed by atoms with E-state index >= 15 is 0 Å². The summed E-state index contributed by atoms with van der Waals surface area (Å²) >= 11 is 1.06. The van der Waals surface area contributed by atoms with Crippen molar-refractivity contribution in [3.63, 3.8) is 0 Å². The van der Waals surface area contributed by atoms with E-state index in [0.29, 0.717) is 28.5 Å². The van der Waals surface area contributed by atoms with Crippen LogP contribution in [0.25, 0.3) is 22.0 Å². The van der Waals surface area contributed by atoms with Crippen LogP contribution in [-0.2, 0) is 4.79 Å². The molecule has 3 N–H and O–H groups in total. The molecule has 11 heteroatoms. The van der Waals surface area contributed by atoms with Crippen LogP contribution >= 0.6 is 11.8 Å². The van der Waals surface area contributed by atoms with Gasteiger partial charge in [-0.2, -0.15) is 10.5 Å². The zero-order chi connectivity index (χ0) is 29.0. The minimum atomic E-state index is -0.674. The molecule has 2 aromatic carbocycles. The number of aromatic nitrogens is 2. The predicted molar refractivity (Wildman–Crippen MR) is 154 cm³/mol. The highest BCUT2D eigenvalue weighted by Gasteiger charge is 2.26. The van der Waals surface area contributed by atoms with Gasteiger partial charge in [-0.1, -0.05) is 30.0 Å². The van der Waals surface area contributed by atoms with Gasteiger partial charge in [0.15, 0.2) is 11.5 Å². The summed E-state index contributed by atoms with van der Waals surface area (Å²) in [5, 5.41) is 23.4. The van der Waals surface area contributed by atoms with Crippen LogP contribution in [0.3, 0.4) is 0 Å².